The molecule has 8 nitrogen and oxygen atoms in total. The monoisotopic (exact) mass is 598 g/mol. The van der Waals surface area contributed by atoms with Gasteiger partial charge in [-0.25, -0.2) is 9.97 Å². The topological polar surface area (TPSA) is 105 Å². The van der Waals surface area contributed by atoms with Crippen molar-refractivity contribution in [3.8, 4) is 17.1 Å². The van der Waals surface area contributed by atoms with Gasteiger partial charge in [-0.3, -0.25) is 14.6 Å². The number of amidine groups is 1. The van der Waals surface area contributed by atoms with Crippen LogP contribution in [0.5, 0.6) is 5.75 Å². The van der Waals surface area contributed by atoms with E-state index in [1.165, 1.54) is 11.1 Å². The zero-order valence-corrected chi connectivity index (χ0v) is 26.8. The smallest absolute Gasteiger partial charge is 0.307 e. The van der Waals surface area contributed by atoms with E-state index >= 15 is 0 Å². The van der Waals surface area contributed by atoms with Gasteiger partial charge in [-0.05, 0) is 86.8 Å². The van der Waals surface area contributed by atoms with Crippen LogP contribution in [-0.2, 0) is 34.3 Å². The molecular formula is C36H46N4O4. The summed E-state index contributed by atoms with van der Waals surface area (Å²) in [5.41, 5.74) is 5.05. The van der Waals surface area contributed by atoms with Crippen molar-refractivity contribution in [2.24, 2.45) is 4.99 Å². The minimum absolute atomic E-state index is 0.0273. The highest BCUT2D eigenvalue weighted by molar-refractivity contribution is 6.00. The van der Waals surface area contributed by atoms with E-state index in [4.69, 9.17) is 14.7 Å². The molecule has 1 aliphatic heterocycles. The Kier molecular flexibility index (Phi) is 11.3. The molecule has 0 radical (unpaired) electrons. The summed E-state index contributed by atoms with van der Waals surface area (Å²) in [5.74, 6) is 1.23. The molecule has 234 valence electrons. The Morgan fingerprint density at radius 3 is 2.48 bits per heavy atom. The summed E-state index contributed by atoms with van der Waals surface area (Å²) in [5, 5.41) is 9.34. The van der Waals surface area contributed by atoms with Crippen LogP contribution < -0.4 is 4.74 Å². The van der Waals surface area contributed by atoms with Crippen molar-refractivity contribution in [1.29, 1.82) is 0 Å². The third-order valence-electron chi connectivity index (χ3n) is 8.00. The summed E-state index contributed by atoms with van der Waals surface area (Å²) in [7, 11) is 0. The maximum Gasteiger partial charge on any atom is 0.307 e. The Morgan fingerprint density at radius 1 is 1.02 bits per heavy atom. The predicted octanol–water partition coefficient (Wildman–Crippen LogP) is 6.83. The van der Waals surface area contributed by atoms with Gasteiger partial charge in [-0.15, -0.1) is 0 Å². The van der Waals surface area contributed by atoms with E-state index in [0.29, 0.717) is 49.6 Å². The van der Waals surface area contributed by atoms with E-state index in [1.807, 2.05) is 30.9 Å². The van der Waals surface area contributed by atoms with Gasteiger partial charge < -0.3 is 14.7 Å². The number of carbonyl (C=O) groups excluding carboxylic acids is 1. The molecule has 4 rings (SSSR count). The van der Waals surface area contributed by atoms with Crippen molar-refractivity contribution >= 4 is 17.7 Å². The van der Waals surface area contributed by atoms with Gasteiger partial charge in [0, 0.05) is 42.4 Å². The highest BCUT2D eigenvalue weighted by atomic mass is 16.5. The number of carboxylic acids is 1. The van der Waals surface area contributed by atoms with Crippen LogP contribution in [0.25, 0.3) is 11.4 Å². The number of benzene rings is 2. The van der Waals surface area contributed by atoms with Crippen LogP contribution in [-0.4, -0.2) is 56.9 Å². The minimum Gasteiger partial charge on any atom is -0.494 e. The first-order chi connectivity index (χ1) is 21.1. The fourth-order valence-corrected chi connectivity index (χ4v) is 5.64. The zero-order chi connectivity index (χ0) is 31.7. The van der Waals surface area contributed by atoms with Crippen molar-refractivity contribution in [2.75, 3.05) is 13.2 Å². The second-order valence-electron chi connectivity index (χ2n) is 12.4. The fourth-order valence-electron chi connectivity index (χ4n) is 5.64. The van der Waals surface area contributed by atoms with Crippen molar-refractivity contribution in [3.63, 3.8) is 0 Å². The average Bonchev–Trinajstić information content (AvgIpc) is 2.98. The number of nitrogens with zero attached hydrogens (tertiary/aromatic N) is 4. The van der Waals surface area contributed by atoms with Gasteiger partial charge in [0.05, 0.1) is 19.1 Å². The standard InChI is InChI=1S/C36H46N4O4/c1-6-40-32(38-30(24-33(40)41)12-8-10-25-14-17-28(18-15-25)36(3,4)5)13-9-11-29-20-21-37-35(39-29)26-16-19-31(44-7-2)27(22-26)23-34(42)43/h14-22,30H,6-13,23-24H2,1-5H3,(H,42,43). The first-order valence-corrected chi connectivity index (χ1v) is 15.8. The molecule has 0 aliphatic carbocycles. The van der Waals surface area contributed by atoms with Crippen LogP contribution in [0.3, 0.4) is 0 Å². The molecule has 44 heavy (non-hydrogen) atoms. The van der Waals surface area contributed by atoms with E-state index in [1.54, 1.807) is 18.3 Å². The van der Waals surface area contributed by atoms with Gasteiger partial charge in [0.1, 0.15) is 11.6 Å². The van der Waals surface area contributed by atoms with E-state index in [9.17, 15) is 14.7 Å². The minimum atomic E-state index is -0.920. The third-order valence-corrected chi connectivity index (χ3v) is 8.00. The number of ether oxygens (including phenoxy) is 1. The lowest BCUT2D eigenvalue weighted by Crippen LogP contribution is -2.42. The van der Waals surface area contributed by atoms with E-state index in [0.717, 1.165) is 42.8 Å². The molecule has 0 fully saturated rings. The van der Waals surface area contributed by atoms with Crippen molar-refractivity contribution in [3.05, 3.63) is 77.1 Å². The first kappa shape index (κ1) is 32.8. The van der Waals surface area contributed by atoms with Crippen LogP contribution in [0.15, 0.2) is 59.7 Å². The van der Waals surface area contributed by atoms with Gasteiger partial charge in [-0.1, -0.05) is 45.0 Å². The Balaban J connectivity index is 1.36. The molecule has 1 N–H and O–H groups in total. The van der Waals surface area contributed by atoms with Gasteiger partial charge >= 0.3 is 5.97 Å². The summed E-state index contributed by atoms with van der Waals surface area (Å²) < 4.78 is 5.61. The summed E-state index contributed by atoms with van der Waals surface area (Å²) in [4.78, 5) is 40.4. The second kappa shape index (κ2) is 15.1. The molecule has 1 amide bonds. The number of aromatic nitrogens is 2. The average molecular weight is 599 g/mol. The molecule has 0 spiro atoms. The molecular weight excluding hydrogens is 552 g/mol. The van der Waals surface area contributed by atoms with Crippen LogP contribution in [0.2, 0.25) is 0 Å². The van der Waals surface area contributed by atoms with E-state index in [-0.39, 0.29) is 23.8 Å². The van der Waals surface area contributed by atoms with Gasteiger partial charge in [0.15, 0.2) is 5.82 Å². The third kappa shape index (κ3) is 8.97. The number of rotatable bonds is 14. The predicted molar refractivity (Wildman–Crippen MR) is 174 cm³/mol. The van der Waals surface area contributed by atoms with E-state index < -0.39 is 5.97 Å². The lowest BCUT2D eigenvalue weighted by molar-refractivity contribution is -0.136. The van der Waals surface area contributed by atoms with Gasteiger partial charge in [0.2, 0.25) is 5.91 Å². The fraction of sp³-hybridized carbons (Fsp3) is 0.472. The number of carboxylic acid groups (broad SMARTS) is 1. The zero-order valence-electron chi connectivity index (χ0n) is 26.8. The highest BCUT2D eigenvalue weighted by Crippen LogP contribution is 2.27. The molecule has 3 aromatic rings. The molecule has 8 heteroatoms. The number of aryl methyl sites for hydroxylation is 2. The SMILES string of the molecule is CCOc1ccc(-c2nccc(CCCC3=NC(CCCc4ccc(C(C)(C)C)cc4)CC(=O)N3CC)n2)cc1CC(=O)O. The molecule has 1 aromatic heterocycles. The molecule has 0 bridgehead atoms. The van der Waals surface area contributed by atoms with E-state index in [2.05, 4.69) is 50.0 Å². The van der Waals surface area contributed by atoms with Gasteiger partial charge in [-0.2, -0.15) is 0 Å². The number of aliphatic carboxylic acids is 1. The van der Waals surface area contributed by atoms with Gasteiger partial charge in [0.25, 0.3) is 0 Å². The lowest BCUT2D eigenvalue weighted by atomic mass is 9.86. The number of carbonyl (C=O) groups is 2. The second-order valence-corrected chi connectivity index (χ2v) is 12.4. The Morgan fingerprint density at radius 2 is 1.80 bits per heavy atom. The summed E-state index contributed by atoms with van der Waals surface area (Å²) in [6.45, 7) is 11.6. The summed E-state index contributed by atoms with van der Waals surface area (Å²) in [6, 6.07) is 16.3. The highest BCUT2D eigenvalue weighted by Gasteiger charge is 2.27. The summed E-state index contributed by atoms with van der Waals surface area (Å²) in [6.07, 6.45) is 7.18. The van der Waals surface area contributed by atoms with Crippen molar-refractivity contribution in [1.82, 2.24) is 14.9 Å². The quantitative estimate of drug-likeness (QED) is 0.218. The molecule has 0 saturated heterocycles. The molecule has 2 heterocycles. The van der Waals surface area contributed by atoms with Crippen LogP contribution >= 0.6 is 0 Å². The number of hydrogen-bond acceptors (Lipinski definition) is 6. The summed E-state index contributed by atoms with van der Waals surface area (Å²) >= 11 is 0. The lowest BCUT2D eigenvalue weighted by Gasteiger charge is -2.30. The number of hydrogen-bond donors (Lipinski definition) is 1. The molecule has 0 saturated carbocycles. The molecule has 1 atom stereocenters. The van der Waals surface area contributed by atoms with Crippen LogP contribution in [0.1, 0.15) is 89.1 Å². The maximum atomic E-state index is 13.0. The molecule has 1 unspecified atom stereocenters. The Bertz CT molecular complexity index is 1460. The first-order valence-electron chi connectivity index (χ1n) is 15.8. The van der Waals surface area contributed by atoms with Crippen molar-refractivity contribution in [2.45, 2.75) is 97.4 Å². The van der Waals surface area contributed by atoms with Crippen LogP contribution in [0.4, 0.5) is 0 Å². The Labute approximate surface area is 261 Å². The molecule has 1 aliphatic rings. The number of aliphatic imine (C=N–C) groups is 1. The Hall–Kier alpha value is -4.07. The maximum absolute atomic E-state index is 13.0. The molecule has 2 aromatic carbocycles. The van der Waals surface area contributed by atoms with Crippen LogP contribution in [0, 0.1) is 0 Å². The largest absolute Gasteiger partial charge is 0.494 e. The van der Waals surface area contributed by atoms with Crippen molar-refractivity contribution < 1.29 is 19.4 Å². The number of amides is 1. The normalized spacial score (nSPS) is 15.3.